The molecule has 21 heavy (non-hydrogen) atoms. The van der Waals surface area contributed by atoms with Crippen LogP contribution in [-0.4, -0.2) is 55.9 Å². The van der Waals surface area contributed by atoms with Gasteiger partial charge in [0.05, 0.1) is 32.6 Å². The first-order valence-electron chi connectivity index (χ1n) is 6.48. The summed E-state index contributed by atoms with van der Waals surface area (Å²) < 4.78 is 6.63. The van der Waals surface area contributed by atoms with Crippen LogP contribution in [0.3, 0.4) is 0 Å². The van der Waals surface area contributed by atoms with Gasteiger partial charge in [0, 0.05) is 12.7 Å². The predicted octanol–water partition coefficient (Wildman–Crippen LogP) is 0.371. The molecule has 1 aliphatic rings. The molecular weight excluding hydrogens is 296 g/mol. The molecule has 0 radical (unpaired) electrons. The quantitative estimate of drug-likeness (QED) is 0.872. The van der Waals surface area contributed by atoms with Crippen molar-refractivity contribution in [3.63, 3.8) is 0 Å². The summed E-state index contributed by atoms with van der Waals surface area (Å²) in [5, 5.41) is 18.7. The fourth-order valence-electron chi connectivity index (χ4n) is 2.45. The van der Waals surface area contributed by atoms with Crippen LogP contribution in [0.15, 0.2) is 18.6 Å². The van der Waals surface area contributed by atoms with Gasteiger partial charge in [0.2, 0.25) is 0 Å². The molecule has 0 aromatic carbocycles. The van der Waals surface area contributed by atoms with Gasteiger partial charge in [-0.15, -0.1) is 5.10 Å². The average Bonchev–Trinajstić information content (AvgIpc) is 3.10. The van der Waals surface area contributed by atoms with Gasteiger partial charge in [0.25, 0.3) is 0 Å². The first-order chi connectivity index (χ1) is 10.1. The molecule has 1 unspecified atom stereocenters. The number of methoxy groups -OCH3 is 1. The zero-order chi connectivity index (χ0) is 14.9. The lowest BCUT2D eigenvalue weighted by Crippen LogP contribution is -2.38. The van der Waals surface area contributed by atoms with Crippen LogP contribution in [0.5, 0.6) is 6.01 Å². The zero-order valence-corrected chi connectivity index (χ0v) is 12.2. The van der Waals surface area contributed by atoms with Crippen molar-refractivity contribution in [3.8, 4) is 6.01 Å². The maximum absolute atomic E-state index is 10.7. The number of nitrogens with zero attached hydrogens (tertiary/aromatic N) is 6. The van der Waals surface area contributed by atoms with Gasteiger partial charge in [-0.25, -0.2) is 9.67 Å². The van der Waals surface area contributed by atoms with E-state index < -0.39 is 5.60 Å². The van der Waals surface area contributed by atoms with Crippen LogP contribution in [0.1, 0.15) is 6.42 Å². The van der Waals surface area contributed by atoms with Crippen molar-refractivity contribution in [3.05, 3.63) is 23.6 Å². The largest absolute Gasteiger partial charge is 0.467 e. The molecule has 1 saturated heterocycles. The van der Waals surface area contributed by atoms with Gasteiger partial charge in [0.15, 0.2) is 5.82 Å². The maximum atomic E-state index is 10.7. The highest BCUT2D eigenvalue weighted by Crippen LogP contribution is 2.31. The summed E-state index contributed by atoms with van der Waals surface area (Å²) in [6.07, 6.45) is 5.40. The van der Waals surface area contributed by atoms with Crippen molar-refractivity contribution in [2.45, 2.75) is 18.6 Å². The SMILES string of the molecule is COc1ncc(Cl)c(N2CCC(O)(Cn3ccnn3)C2)n1. The Morgan fingerprint density at radius 2 is 2.38 bits per heavy atom. The van der Waals surface area contributed by atoms with Crippen molar-refractivity contribution < 1.29 is 9.84 Å². The Labute approximate surface area is 126 Å². The molecule has 3 heterocycles. The van der Waals surface area contributed by atoms with E-state index in [9.17, 15) is 5.11 Å². The minimum atomic E-state index is -0.894. The number of rotatable bonds is 4. The molecule has 0 aliphatic carbocycles. The number of aliphatic hydroxyl groups is 1. The van der Waals surface area contributed by atoms with Crippen LogP contribution in [0.2, 0.25) is 5.02 Å². The van der Waals surface area contributed by atoms with E-state index in [4.69, 9.17) is 16.3 Å². The fourth-order valence-corrected chi connectivity index (χ4v) is 2.66. The molecule has 0 amide bonds. The van der Waals surface area contributed by atoms with Crippen LogP contribution < -0.4 is 9.64 Å². The molecular formula is C12H15ClN6O2. The Morgan fingerprint density at radius 1 is 1.52 bits per heavy atom. The Balaban J connectivity index is 1.77. The second-order valence-corrected chi connectivity index (χ2v) is 5.43. The molecule has 2 aromatic rings. The van der Waals surface area contributed by atoms with E-state index in [-0.39, 0.29) is 6.01 Å². The molecule has 1 fully saturated rings. The highest BCUT2D eigenvalue weighted by atomic mass is 35.5. The van der Waals surface area contributed by atoms with E-state index in [2.05, 4.69) is 20.3 Å². The van der Waals surface area contributed by atoms with Crippen LogP contribution in [0.4, 0.5) is 5.82 Å². The molecule has 112 valence electrons. The van der Waals surface area contributed by atoms with E-state index in [1.807, 2.05) is 4.90 Å². The van der Waals surface area contributed by atoms with Crippen LogP contribution in [0.25, 0.3) is 0 Å². The third-order valence-corrected chi connectivity index (χ3v) is 3.71. The Morgan fingerprint density at radius 3 is 3.10 bits per heavy atom. The number of β-amino-alcohol motifs (C(OH)–C–C–N with tert-alkyl or cyclic N) is 1. The summed E-state index contributed by atoms with van der Waals surface area (Å²) in [7, 11) is 1.50. The maximum Gasteiger partial charge on any atom is 0.318 e. The van der Waals surface area contributed by atoms with Gasteiger partial charge < -0.3 is 14.7 Å². The summed E-state index contributed by atoms with van der Waals surface area (Å²) in [5.41, 5.74) is -0.894. The van der Waals surface area contributed by atoms with Crippen molar-refractivity contribution in [1.29, 1.82) is 0 Å². The molecule has 1 N–H and O–H groups in total. The van der Waals surface area contributed by atoms with Gasteiger partial charge in [-0.05, 0) is 6.42 Å². The van der Waals surface area contributed by atoms with Gasteiger partial charge in [0.1, 0.15) is 10.6 Å². The van der Waals surface area contributed by atoms with Crippen molar-refractivity contribution in [2.75, 3.05) is 25.1 Å². The lowest BCUT2D eigenvalue weighted by molar-refractivity contribution is 0.0408. The number of halogens is 1. The first-order valence-corrected chi connectivity index (χ1v) is 6.85. The van der Waals surface area contributed by atoms with Crippen LogP contribution >= 0.6 is 11.6 Å². The molecule has 9 heteroatoms. The summed E-state index contributed by atoms with van der Waals surface area (Å²) in [4.78, 5) is 10.1. The van der Waals surface area contributed by atoms with Crippen molar-refractivity contribution in [2.24, 2.45) is 0 Å². The average molecular weight is 311 g/mol. The minimum absolute atomic E-state index is 0.251. The smallest absolute Gasteiger partial charge is 0.318 e. The van der Waals surface area contributed by atoms with Gasteiger partial charge in [-0.1, -0.05) is 16.8 Å². The lowest BCUT2D eigenvalue weighted by atomic mass is 10.0. The number of ether oxygens (including phenoxy) is 1. The molecule has 0 saturated carbocycles. The zero-order valence-electron chi connectivity index (χ0n) is 11.5. The Bertz CT molecular complexity index is 622. The standard InChI is InChI=1S/C12H15ClN6O2/c1-21-11-14-6-9(13)10(16-11)18-4-2-12(20,7-18)8-19-5-3-15-17-19/h3,5-6,20H,2,4,7-8H2,1H3. The number of hydrogen-bond acceptors (Lipinski definition) is 7. The minimum Gasteiger partial charge on any atom is -0.467 e. The first kappa shape index (κ1) is 14.0. The lowest BCUT2D eigenvalue weighted by Gasteiger charge is -2.24. The Kier molecular flexibility index (Phi) is 3.64. The molecule has 0 bridgehead atoms. The van der Waals surface area contributed by atoms with E-state index in [1.165, 1.54) is 13.3 Å². The second kappa shape index (κ2) is 5.45. The summed E-state index contributed by atoms with van der Waals surface area (Å²) in [6, 6.07) is 0.251. The molecule has 1 atom stereocenters. The highest BCUT2D eigenvalue weighted by molar-refractivity contribution is 6.32. The van der Waals surface area contributed by atoms with Gasteiger partial charge >= 0.3 is 6.01 Å². The number of anilines is 1. The molecule has 1 aliphatic heterocycles. The van der Waals surface area contributed by atoms with E-state index >= 15 is 0 Å². The summed E-state index contributed by atoms with van der Waals surface area (Å²) in [6.45, 7) is 1.43. The number of aromatic nitrogens is 5. The third-order valence-electron chi connectivity index (χ3n) is 3.45. The van der Waals surface area contributed by atoms with E-state index in [0.29, 0.717) is 36.9 Å². The predicted molar refractivity (Wildman–Crippen MR) is 75.4 cm³/mol. The van der Waals surface area contributed by atoms with Crippen molar-refractivity contribution >= 4 is 17.4 Å². The molecule has 0 spiro atoms. The molecule has 8 nitrogen and oxygen atoms in total. The third kappa shape index (κ3) is 2.91. The van der Waals surface area contributed by atoms with E-state index in [1.54, 1.807) is 17.1 Å². The number of hydrogen-bond donors (Lipinski definition) is 1. The van der Waals surface area contributed by atoms with Gasteiger partial charge in [-0.2, -0.15) is 4.98 Å². The monoisotopic (exact) mass is 310 g/mol. The highest BCUT2D eigenvalue weighted by Gasteiger charge is 2.38. The normalized spacial score (nSPS) is 21.8. The van der Waals surface area contributed by atoms with Crippen LogP contribution in [0, 0.1) is 0 Å². The topological polar surface area (TPSA) is 89.2 Å². The van der Waals surface area contributed by atoms with E-state index in [0.717, 1.165) is 0 Å². The second-order valence-electron chi connectivity index (χ2n) is 5.02. The summed E-state index contributed by atoms with van der Waals surface area (Å²) >= 11 is 6.14. The summed E-state index contributed by atoms with van der Waals surface area (Å²) in [5.74, 6) is 0.568. The van der Waals surface area contributed by atoms with Gasteiger partial charge in [-0.3, -0.25) is 0 Å². The van der Waals surface area contributed by atoms with Crippen LogP contribution in [-0.2, 0) is 6.54 Å². The Hall–Kier alpha value is -1.93. The fraction of sp³-hybridized carbons (Fsp3) is 0.500. The van der Waals surface area contributed by atoms with Crippen molar-refractivity contribution in [1.82, 2.24) is 25.0 Å². The molecule has 2 aromatic heterocycles. The molecule has 3 rings (SSSR count).